The molecule has 1 aliphatic heterocycles. The number of anilines is 4. The molecule has 0 radical (unpaired) electrons. The molecule has 1 saturated heterocycles. The predicted molar refractivity (Wildman–Crippen MR) is 109 cm³/mol. The second kappa shape index (κ2) is 7.30. The highest BCUT2D eigenvalue weighted by atomic mass is 16.4. The van der Waals surface area contributed by atoms with Gasteiger partial charge in [-0.05, 0) is 44.0 Å². The van der Waals surface area contributed by atoms with Crippen molar-refractivity contribution in [3.63, 3.8) is 0 Å². The van der Waals surface area contributed by atoms with Crippen LogP contribution in [0.15, 0.2) is 36.7 Å². The van der Waals surface area contributed by atoms with E-state index in [0.717, 1.165) is 22.3 Å². The number of carbonyl (C=O) groups is 1. The highest BCUT2D eigenvalue weighted by Crippen LogP contribution is 2.33. The van der Waals surface area contributed by atoms with E-state index in [1.807, 2.05) is 42.2 Å². The Labute approximate surface area is 162 Å². The zero-order valence-electron chi connectivity index (χ0n) is 15.6. The van der Waals surface area contributed by atoms with Crippen molar-refractivity contribution < 1.29 is 9.90 Å². The van der Waals surface area contributed by atoms with Crippen LogP contribution < -0.4 is 16.0 Å². The van der Waals surface area contributed by atoms with Gasteiger partial charge in [0.25, 0.3) is 0 Å². The lowest BCUT2D eigenvalue weighted by molar-refractivity contribution is -0.142. The monoisotopic (exact) mass is 378 g/mol. The lowest BCUT2D eigenvalue weighted by Crippen LogP contribution is -2.37. The van der Waals surface area contributed by atoms with Crippen LogP contribution in [0.4, 0.5) is 23.0 Å². The summed E-state index contributed by atoms with van der Waals surface area (Å²) >= 11 is 0. The molecule has 4 rings (SSSR count). The number of aromatic nitrogens is 3. The van der Waals surface area contributed by atoms with E-state index < -0.39 is 5.97 Å². The molecule has 1 aliphatic rings. The predicted octanol–water partition coefficient (Wildman–Crippen LogP) is 2.96. The van der Waals surface area contributed by atoms with Gasteiger partial charge in [-0.25, -0.2) is 9.97 Å². The van der Waals surface area contributed by atoms with Crippen LogP contribution in [-0.2, 0) is 4.79 Å². The molecule has 1 aromatic carbocycles. The number of aryl methyl sites for hydroxylation is 1. The van der Waals surface area contributed by atoms with Crippen molar-refractivity contribution >= 4 is 39.9 Å². The minimum absolute atomic E-state index is 0.302. The fourth-order valence-electron chi connectivity index (χ4n) is 3.57. The fraction of sp³-hybridized carbons (Fsp3) is 0.300. The first-order valence-corrected chi connectivity index (χ1v) is 9.24. The van der Waals surface area contributed by atoms with Crippen LogP contribution in [0.3, 0.4) is 0 Å². The molecule has 144 valence electrons. The summed E-state index contributed by atoms with van der Waals surface area (Å²) in [7, 11) is 0. The molecule has 2 aromatic heterocycles. The van der Waals surface area contributed by atoms with E-state index in [1.165, 1.54) is 6.33 Å². The Balaban J connectivity index is 1.61. The minimum Gasteiger partial charge on any atom is -0.481 e. The Kier molecular flexibility index (Phi) is 4.68. The third kappa shape index (κ3) is 3.40. The summed E-state index contributed by atoms with van der Waals surface area (Å²) in [6.07, 6.45) is 2.64. The lowest BCUT2D eigenvalue weighted by Gasteiger charge is -2.31. The van der Waals surface area contributed by atoms with Gasteiger partial charge in [0.05, 0.1) is 11.4 Å². The fourth-order valence-corrected chi connectivity index (χ4v) is 3.57. The normalized spacial score (nSPS) is 15.0. The van der Waals surface area contributed by atoms with Gasteiger partial charge in [-0.2, -0.15) is 0 Å². The molecule has 0 saturated carbocycles. The Hall–Kier alpha value is -3.42. The molecule has 3 heterocycles. The Morgan fingerprint density at radius 2 is 2.00 bits per heavy atom. The van der Waals surface area contributed by atoms with E-state index in [-0.39, 0.29) is 5.92 Å². The van der Waals surface area contributed by atoms with Crippen LogP contribution >= 0.6 is 0 Å². The Bertz CT molecular complexity index is 1030. The van der Waals surface area contributed by atoms with Gasteiger partial charge in [-0.3, -0.25) is 9.78 Å². The topological polar surface area (TPSA) is 117 Å². The molecule has 3 aromatic rings. The van der Waals surface area contributed by atoms with E-state index in [1.54, 1.807) is 0 Å². The molecular weight excluding hydrogens is 356 g/mol. The average molecular weight is 378 g/mol. The van der Waals surface area contributed by atoms with Crippen molar-refractivity contribution in [3.05, 3.63) is 42.4 Å². The first kappa shape index (κ1) is 18.0. The SMILES string of the molecule is Cc1ccc2c(Nc3ncnc(N4CCC(C(=O)O)CC4)c3N)cccc2n1. The summed E-state index contributed by atoms with van der Waals surface area (Å²) in [6.45, 7) is 3.17. The van der Waals surface area contributed by atoms with Crippen molar-refractivity contribution in [3.8, 4) is 0 Å². The summed E-state index contributed by atoms with van der Waals surface area (Å²) in [5.41, 5.74) is 9.54. The number of aliphatic carboxylic acids is 1. The maximum Gasteiger partial charge on any atom is 0.306 e. The lowest BCUT2D eigenvalue weighted by atomic mass is 9.97. The van der Waals surface area contributed by atoms with E-state index in [2.05, 4.69) is 20.3 Å². The number of fused-ring (bicyclic) bond motifs is 1. The second-order valence-electron chi connectivity index (χ2n) is 7.01. The number of rotatable bonds is 4. The van der Waals surface area contributed by atoms with E-state index in [9.17, 15) is 9.90 Å². The van der Waals surface area contributed by atoms with Crippen LogP contribution in [0, 0.1) is 12.8 Å². The minimum atomic E-state index is -0.738. The highest BCUT2D eigenvalue weighted by molar-refractivity contribution is 5.94. The summed E-state index contributed by atoms with van der Waals surface area (Å²) in [5.74, 6) is 0.120. The first-order chi connectivity index (χ1) is 13.5. The highest BCUT2D eigenvalue weighted by Gasteiger charge is 2.26. The number of carboxylic acid groups (broad SMARTS) is 1. The van der Waals surface area contributed by atoms with Gasteiger partial charge in [-0.1, -0.05) is 6.07 Å². The van der Waals surface area contributed by atoms with Crippen molar-refractivity contribution in [2.75, 3.05) is 29.0 Å². The maximum atomic E-state index is 11.2. The number of benzene rings is 1. The first-order valence-electron chi connectivity index (χ1n) is 9.24. The van der Waals surface area contributed by atoms with Gasteiger partial charge < -0.3 is 21.1 Å². The van der Waals surface area contributed by atoms with Gasteiger partial charge in [0.2, 0.25) is 0 Å². The van der Waals surface area contributed by atoms with Crippen LogP contribution in [0.1, 0.15) is 18.5 Å². The molecule has 8 nitrogen and oxygen atoms in total. The van der Waals surface area contributed by atoms with Crippen LogP contribution in [0.25, 0.3) is 10.9 Å². The van der Waals surface area contributed by atoms with Crippen LogP contribution in [-0.4, -0.2) is 39.1 Å². The summed E-state index contributed by atoms with van der Waals surface area (Å²) in [4.78, 5) is 26.4. The van der Waals surface area contributed by atoms with Gasteiger partial charge >= 0.3 is 5.97 Å². The number of carboxylic acids is 1. The number of hydrogen-bond donors (Lipinski definition) is 3. The molecule has 0 atom stereocenters. The second-order valence-corrected chi connectivity index (χ2v) is 7.01. The smallest absolute Gasteiger partial charge is 0.306 e. The van der Waals surface area contributed by atoms with E-state index in [0.29, 0.717) is 43.3 Å². The molecule has 0 spiro atoms. The zero-order chi connectivity index (χ0) is 19.7. The summed E-state index contributed by atoms with van der Waals surface area (Å²) in [5, 5.41) is 13.5. The van der Waals surface area contributed by atoms with Crippen LogP contribution in [0.2, 0.25) is 0 Å². The largest absolute Gasteiger partial charge is 0.481 e. The molecule has 1 fully saturated rings. The number of nitrogens with zero attached hydrogens (tertiary/aromatic N) is 4. The number of piperidine rings is 1. The quantitative estimate of drug-likeness (QED) is 0.634. The van der Waals surface area contributed by atoms with E-state index >= 15 is 0 Å². The van der Waals surface area contributed by atoms with Crippen molar-refractivity contribution in [2.24, 2.45) is 5.92 Å². The molecule has 28 heavy (non-hydrogen) atoms. The maximum absolute atomic E-state index is 11.2. The van der Waals surface area contributed by atoms with E-state index in [4.69, 9.17) is 5.73 Å². The summed E-state index contributed by atoms with van der Waals surface area (Å²) < 4.78 is 0. The number of hydrogen-bond acceptors (Lipinski definition) is 7. The molecule has 0 amide bonds. The summed E-state index contributed by atoms with van der Waals surface area (Å²) in [6, 6.07) is 9.85. The third-order valence-corrected chi connectivity index (χ3v) is 5.13. The number of nitrogens with two attached hydrogens (primary N) is 1. The number of pyridine rings is 1. The molecule has 8 heteroatoms. The van der Waals surface area contributed by atoms with Crippen molar-refractivity contribution in [2.45, 2.75) is 19.8 Å². The van der Waals surface area contributed by atoms with Gasteiger partial charge in [-0.15, -0.1) is 0 Å². The molecule has 4 N–H and O–H groups in total. The Morgan fingerprint density at radius 3 is 2.75 bits per heavy atom. The van der Waals surface area contributed by atoms with Crippen molar-refractivity contribution in [1.29, 1.82) is 0 Å². The van der Waals surface area contributed by atoms with Crippen LogP contribution in [0.5, 0.6) is 0 Å². The van der Waals surface area contributed by atoms with Gasteiger partial charge in [0.15, 0.2) is 11.6 Å². The van der Waals surface area contributed by atoms with Gasteiger partial charge in [0.1, 0.15) is 12.0 Å². The number of nitrogens with one attached hydrogen (secondary N) is 1. The molecule has 0 unspecified atom stereocenters. The zero-order valence-corrected chi connectivity index (χ0v) is 15.6. The molecule has 0 aliphatic carbocycles. The molecule has 0 bridgehead atoms. The standard InChI is InChI=1S/C20H22N6O2/c1-12-5-6-14-15(24-12)3-2-4-16(14)25-18-17(21)19(23-11-22-18)26-9-7-13(8-10-26)20(27)28/h2-6,11,13H,7-10,21H2,1H3,(H,27,28)(H,22,23,25). The van der Waals surface area contributed by atoms with Crippen molar-refractivity contribution in [1.82, 2.24) is 15.0 Å². The Morgan fingerprint density at radius 1 is 1.21 bits per heavy atom. The number of nitrogen functional groups attached to an aromatic ring is 1. The average Bonchev–Trinajstić information content (AvgIpc) is 2.69. The van der Waals surface area contributed by atoms with Gasteiger partial charge in [0, 0.05) is 29.9 Å². The molecular formula is C20H22N6O2. The third-order valence-electron chi connectivity index (χ3n) is 5.13.